The minimum absolute atomic E-state index is 0.535. The Bertz CT molecular complexity index is 395. The summed E-state index contributed by atoms with van der Waals surface area (Å²) in [5.41, 5.74) is 1.33. The highest BCUT2D eigenvalue weighted by atomic mass is 15.3. The third-order valence-corrected chi connectivity index (χ3v) is 4.42. The Morgan fingerprint density at radius 2 is 2.24 bits per heavy atom. The molecule has 0 amide bonds. The van der Waals surface area contributed by atoms with Gasteiger partial charge in [0.15, 0.2) is 0 Å². The fourth-order valence-corrected chi connectivity index (χ4v) is 3.08. The summed E-state index contributed by atoms with van der Waals surface area (Å²) in [4.78, 5) is 9.21. The lowest BCUT2D eigenvalue weighted by Crippen LogP contribution is -2.52. The summed E-state index contributed by atoms with van der Waals surface area (Å²) < 4.78 is 0. The standard InChI is InChI=1S/C17H30N4/c1-4-7-19-16(11-15-6-5-8-18-13-15)12-17-14-20(2)9-10-21(17)3/h5-6,8,13,16-17,19H,4,7,9-12,14H2,1-3H3. The Balaban J connectivity index is 1.95. The average molecular weight is 290 g/mol. The molecule has 2 rings (SSSR count). The van der Waals surface area contributed by atoms with Gasteiger partial charge in [-0.3, -0.25) is 4.98 Å². The van der Waals surface area contributed by atoms with Gasteiger partial charge in [-0.2, -0.15) is 0 Å². The first-order chi connectivity index (χ1) is 10.2. The monoisotopic (exact) mass is 290 g/mol. The zero-order valence-corrected chi connectivity index (χ0v) is 13.8. The lowest BCUT2D eigenvalue weighted by molar-refractivity contribution is 0.101. The van der Waals surface area contributed by atoms with Crippen LogP contribution in [0.1, 0.15) is 25.3 Å². The fraction of sp³-hybridized carbons (Fsp3) is 0.706. The van der Waals surface area contributed by atoms with Crippen LogP contribution in [0.5, 0.6) is 0 Å². The predicted octanol–water partition coefficient (Wildman–Crippen LogP) is 1.63. The van der Waals surface area contributed by atoms with Gasteiger partial charge in [0.2, 0.25) is 0 Å². The van der Waals surface area contributed by atoms with Gasteiger partial charge in [0, 0.05) is 44.1 Å². The molecule has 1 saturated heterocycles. The van der Waals surface area contributed by atoms with Crippen molar-refractivity contribution in [3.05, 3.63) is 30.1 Å². The lowest BCUT2D eigenvalue weighted by atomic mass is 9.98. The van der Waals surface area contributed by atoms with Crippen LogP contribution in [0, 0.1) is 0 Å². The van der Waals surface area contributed by atoms with E-state index in [1.807, 2.05) is 18.5 Å². The molecule has 1 aliphatic rings. The van der Waals surface area contributed by atoms with Gasteiger partial charge in [0.25, 0.3) is 0 Å². The van der Waals surface area contributed by atoms with Crippen molar-refractivity contribution in [3.8, 4) is 0 Å². The van der Waals surface area contributed by atoms with E-state index >= 15 is 0 Å². The molecule has 0 bridgehead atoms. The Morgan fingerprint density at radius 3 is 2.95 bits per heavy atom. The first-order valence-corrected chi connectivity index (χ1v) is 8.20. The highest BCUT2D eigenvalue weighted by molar-refractivity contribution is 5.10. The summed E-state index contributed by atoms with van der Waals surface area (Å²) in [6, 6.07) is 5.40. The van der Waals surface area contributed by atoms with Crippen molar-refractivity contribution in [1.82, 2.24) is 20.1 Å². The molecule has 0 aliphatic carbocycles. The molecule has 2 atom stereocenters. The van der Waals surface area contributed by atoms with Gasteiger partial charge in [-0.1, -0.05) is 13.0 Å². The summed E-state index contributed by atoms with van der Waals surface area (Å²) in [5, 5.41) is 3.73. The van der Waals surface area contributed by atoms with Crippen LogP contribution in [0.25, 0.3) is 0 Å². The number of hydrogen-bond acceptors (Lipinski definition) is 4. The minimum Gasteiger partial charge on any atom is -0.314 e. The summed E-state index contributed by atoms with van der Waals surface area (Å²) >= 11 is 0. The van der Waals surface area contributed by atoms with Gasteiger partial charge in [0.05, 0.1) is 0 Å². The number of rotatable bonds is 7. The molecule has 1 N–H and O–H groups in total. The minimum atomic E-state index is 0.535. The van der Waals surface area contributed by atoms with Gasteiger partial charge in [-0.05, 0) is 51.5 Å². The molecule has 2 unspecified atom stereocenters. The predicted molar refractivity (Wildman–Crippen MR) is 88.6 cm³/mol. The van der Waals surface area contributed by atoms with E-state index in [1.54, 1.807) is 0 Å². The van der Waals surface area contributed by atoms with E-state index in [1.165, 1.54) is 38.0 Å². The molecule has 1 fully saturated rings. The maximum absolute atomic E-state index is 4.25. The molecular weight excluding hydrogens is 260 g/mol. The van der Waals surface area contributed by atoms with Crippen molar-refractivity contribution in [1.29, 1.82) is 0 Å². The number of piperazine rings is 1. The zero-order valence-electron chi connectivity index (χ0n) is 13.8. The molecule has 0 aromatic carbocycles. The Labute approximate surface area is 129 Å². The smallest absolute Gasteiger partial charge is 0.0300 e. The van der Waals surface area contributed by atoms with E-state index in [9.17, 15) is 0 Å². The second kappa shape index (κ2) is 8.47. The molecule has 21 heavy (non-hydrogen) atoms. The topological polar surface area (TPSA) is 31.4 Å². The largest absolute Gasteiger partial charge is 0.314 e. The van der Waals surface area contributed by atoms with E-state index in [-0.39, 0.29) is 0 Å². The van der Waals surface area contributed by atoms with Crippen LogP contribution in [0.2, 0.25) is 0 Å². The van der Waals surface area contributed by atoms with Crippen LogP contribution < -0.4 is 5.32 Å². The van der Waals surface area contributed by atoms with Crippen LogP contribution in [-0.4, -0.2) is 67.1 Å². The molecule has 1 aromatic rings. The van der Waals surface area contributed by atoms with Crippen LogP contribution >= 0.6 is 0 Å². The summed E-state index contributed by atoms with van der Waals surface area (Å²) in [7, 11) is 4.49. The summed E-state index contributed by atoms with van der Waals surface area (Å²) in [5.74, 6) is 0. The Hall–Kier alpha value is -0.970. The summed E-state index contributed by atoms with van der Waals surface area (Å²) in [6.07, 6.45) is 7.31. The normalized spacial score (nSPS) is 22.3. The molecule has 118 valence electrons. The van der Waals surface area contributed by atoms with Crippen LogP contribution in [-0.2, 0) is 6.42 Å². The molecule has 1 aliphatic heterocycles. The van der Waals surface area contributed by atoms with E-state index in [2.05, 4.69) is 47.2 Å². The van der Waals surface area contributed by atoms with Crippen molar-refractivity contribution >= 4 is 0 Å². The molecule has 0 radical (unpaired) electrons. The van der Waals surface area contributed by atoms with Crippen molar-refractivity contribution < 1.29 is 0 Å². The Kier molecular flexibility index (Phi) is 6.61. The SMILES string of the molecule is CCCNC(Cc1cccnc1)CC1CN(C)CCN1C. The quantitative estimate of drug-likeness (QED) is 0.827. The molecule has 1 aromatic heterocycles. The van der Waals surface area contributed by atoms with Gasteiger partial charge >= 0.3 is 0 Å². The van der Waals surface area contributed by atoms with E-state index in [0.717, 1.165) is 13.0 Å². The first-order valence-electron chi connectivity index (χ1n) is 8.20. The van der Waals surface area contributed by atoms with Gasteiger partial charge in [0.1, 0.15) is 0 Å². The highest BCUT2D eigenvalue weighted by Gasteiger charge is 2.25. The molecule has 0 spiro atoms. The zero-order chi connectivity index (χ0) is 15.1. The van der Waals surface area contributed by atoms with Crippen molar-refractivity contribution in [2.24, 2.45) is 0 Å². The lowest BCUT2D eigenvalue weighted by Gasteiger charge is -2.39. The number of nitrogens with zero attached hydrogens (tertiary/aromatic N) is 3. The number of nitrogens with one attached hydrogen (secondary N) is 1. The maximum Gasteiger partial charge on any atom is 0.0300 e. The fourth-order valence-electron chi connectivity index (χ4n) is 3.08. The van der Waals surface area contributed by atoms with Crippen LogP contribution in [0.15, 0.2) is 24.5 Å². The number of hydrogen-bond donors (Lipinski definition) is 1. The second-order valence-electron chi connectivity index (χ2n) is 6.35. The van der Waals surface area contributed by atoms with Crippen LogP contribution in [0.3, 0.4) is 0 Å². The van der Waals surface area contributed by atoms with Crippen molar-refractivity contribution in [2.75, 3.05) is 40.3 Å². The van der Waals surface area contributed by atoms with E-state index < -0.39 is 0 Å². The third kappa shape index (κ3) is 5.38. The molecule has 2 heterocycles. The molecule has 4 nitrogen and oxygen atoms in total. The van der Waals surface area contributed by atoms with Gasteiger partial charge in [-0.25, -0.2) is 0 Å². The number of aromatic nitrogens is 1. The maximum atomic E-state index is 4.25. The number of pyridine rings is 1. The molecular formula is C17H30N4. The molecule has 0 saturated carbocycles. The number of likely N-dealkylation sites (N-methyl/N-ethyl adjacent to an activating group) is 2. The molecule has 4 heteroatoms. The first kappa shape index (κ1) is 16.4. The van der Waals surface area contributed by atoms with Crippen molar-refractivity contribution in [3.63, 3.8) is 0 Å². The van der Waals surface area contributed by atoms with Gasteiger partial charge < -0.3 is 15.1 Å². The van der Waals surface area contributed by atoms with Gasteiger partial charge in [-0.15, -0.1) is 0 Å². The average Bonchev–Trinajstić information content (AvgIpc) is 2.49. The summed E-state index contributed by atoms with van der Waals surface area (Å²) in [6.45, 7) is 6.86. The third-order valence-electron chi connectivity index (χ3n) is 4.42. The van der Waals surface area contributed by atoms with Crippen molar-refractivity contribution in [2.45, 2.75) is 38.3 Å². The van der Waals surface area contributed by atoms with Crippen LogP contribution in [0.4, 0.5) is 0 Å². The van der Waals surface area contributed by atoms with E-state index in [4.69, 9.17) is 0 Å². The highest BCUT2D eigenvalue weighted by Crippen LogP contribution is 2.14. The Morgan fingerprint density at radius 1 is 1.38 bits per heavy atom. The van der Waals surface area contributed by atoms with E-state index in [0.29, 0.717) is 12.1 Å². The second-order valence-corrected chi connectivity index (χ2v) is 6.35.